The van der Waals surface area contributed by atoms with Gasteiger partial charge in [-0.1, -0.05) is 0 Å². The van der Waals surface area contributed by atoms with Gasteiger partial charge in [0.2, 0.25) is 0 Å². The molecule has 1 aliphatic rings. The Morgan fingerprint density at radius 2 is 2.32 bits per heavy atom. The molecular weight excluding hydrogens is 339 g/mol. The molecule has 1 unspecified atom stereocenters. The van der Waals surface area contributed by atoms with E-state index in [1.165, 1.54) is 0 Å². The molecule has 1 atom stereocenters. The quantitative estimate of drug-likeness (QED) is 0.469. The second kappa shape index (κ2) is 9.04. The predicted molar refractivity (Wildman–Crippen MR) is 86.3 cm³/mol. The van der Waals surface area contributed by atoms with Gasteiger partial charge in [0.05, 0.1) is 19.3 Å². The molecule has 2 rings (SSSR count). The maximum atomic E-state index is 12.0. The number of halogens is 3. The number of nitrogens with one attached hydrogen (secondary N) is 1. The van der Waals surface area contributed by atoms with Gasteiger partial charge in [-0.3, -0.25) is 9.67 Å². The van der Waals surface area contributed by atoms with Crippen LogP contribution in [0, 0.1) is 0 Å². The average molecular weight is 363 g/mol. The smallest absolute Gasteiger partial charge is 0.372 e. The first-order valence-electron chi connectivity index (χ1n) is 8.09. The first-order valence-corrected chi connectivity index (χ1v) is 8.09. The number of morpholine rings is 1. The van der Waals surface area contributed by atoms with E-state index in [4.69, 9.17) is 4.74 Å². The van der Waals surface area contributed by atoms with E-state index < -0.39 is 12.8 Å². The minimum absolute atomic E-state index is 0.0466. The van der Waals surface area contributed by atoms with E-state index in [0.29, 0.717) is 38.6 Å². The number of aryl methyl sites for hydroxylation is 1. The summed E-state index contributed by atoms with van der Waals surface area (Å²) in [5.41, 5.74) is 1.00. The number of aromatic nitrogens is 2. The van der Waals surface area contributed by atoms with E-state index in [2.05, 4.69) is 25.0 Å². The second-order valence-electron chi connectivity index (χ2n) is 5.75. The Balaban J connectivity index is 1.74. The molecule has 1 aliphatic heterocycles. The lowest BCUT2D eigenvalue weighted by molar-refractivity contribution is -0.173. The van der Waals surface area contributed by atoms with Gasteiger partial charge in [0.25, 0.3) is 0 Å². The molecule has 0 aliphatic carbocycles. The third-order valence-corrected chi connectivity index (χ3v) is 3.69. The zero-order chi connectivity index (χ0) is 18.3. The molecule has 0 amide bonds. The molecule has 10 heteroatoms. The van der Waals surface area contributed by atoms with E-state index in [1.54, 1.807) is 17.9 Å². The highest BCUT2D eigenvalue weighted by atomic mass is 19.4. The highest BCUT2D eigenvalue weighted by Crippen LogP contribution is 2.21. The zero-order valence-electron chi connectivity index (χ0n) is 14.4. The van der Waals surface area contributed by atoms with Crippen LogP contribution in [-0.2, 0) is 16.5 Å². The van der Waals surface area contributed by atoms with Gasteiger partial charge in [-0.25, -0.2) is 0 Å². The second-order valence-corrected chi connectivity index (χ2v) is 5.75. The van der Waals surface area contributed by atoms with Crippen molar-refractivity contribution in [2.24, 2.45) is 12.0 Å². The van der Waals surface area contributed by atoms with Gasteiger partial charge in [0.15, 0.2) is 5.96 Å². The van der Waals surface area contributed by atoms with E-state index in [0.717, 1.165) is 5.56 Å². The lowest BCUT2D eigenvalue weighted by Gasteiger charge is -2.34. The number of hydrogen-bond acceptors (Lipinski definition) is 4. The Labute approximate surface area is 144 Å². The molecule has 7 nitrogen and oxygen atoms in total. The molecule has 1 fully saturated rings. The Morgan fingerprint density at radius 1 is 1.52 bits per heavy atom. The Kier molecular flexibility index (Phi) is 7.06. The van der Waals surface area contributed by atoms with Crippen LogP contribution in [0.15, 0.2) is 17.4 Å². The molecule has 2 heterocycles. The summed E-state index contributed by atoms with van der Waals surface area (Å²) < 4.78 is 48.1. The van der Waals surface area contributed by atoms with Gasteiger partial charge in [0, 0.05) is 45.6 Å². The number of ether oxygens (including phenoxy) is 2. The average Bonchev–Trinajstić information content (AvgIpc) is 3.00. The third kappa shape index (κ3) is 6.54. The van der Waals surface area contributed by atoms with Crippen molar-refractivity contribution in [3.8, 4) is 0 Å². The standard InChI is InChI=1S/C15H24F3N5O2/c1-19-14(20-4-3-6-24-11-15(16,17)18)23-5-7-25-13(10-23)12-8-21-22(2)9-12/h8-9,13H,3-7,10-11H2,1-2H3,(H,19,20). The molecule has 1 N–H and O–H groups in total. The number of guanidine groups is 1. The summed E-state index contributed by atoms with van der Waals surface area (Å²) in [6, 6.07) is 0. The van der Waals surface area contributed by atoms with Crippen LogP contribution < -0.4 is 5.32 Å². The van der Waals surface area contributed by atoms with Crippen LogP contribution in [0.4, 0.5) is 13.2 Å². The molecule has 1 aromatic heterocycles. The first kappa shape index (κ1) is 19.5. The monoisotopic (exact) mass is 363 g/mol. The van der Waals surface area contributed by atoms with Crippen LogP contribution >= 0.6 is 0 Å². The summed E-state index contributed by atoms with van der Waals surface area (Å²) in [5, 5.41) is 7.31. The highest BCUT2D eigenvalue weighted by Gasteiger charge is 2.27. The molecule has 0 bridgehead atoms. The summed E-state index contributed by atoms with van der Waals surface area (Å²) in [6.07, 6.45) is -0.203. The van der Waals surface area contributed by atoms with Crippen molar-refractivity contribution in [2.75, 3.05) is 46.5 Å². The maximum Gasteiger partial charge on any atom is 0.411 e. The third-order valence-electron chi connectivity index (χ3n) is 3.69. The topological polar surface area (TPSA) is 63.9 Å². The Morgan fingerprint density at radius 3 is 2.96 bits per heavy atom. The number of hydrogen-bond donors (Lipinski definition) is 1. The lowest BCUT2D eigenvalue weighted by atomic mass is 10.1. The fraction of sp³-hybridized carbons (Fsp3) is 0.733. The molecule has 25 heavy (non-hydrogen) atoms. The van der Waals surface area contributed by atoms with Gasteiger partial charge >= 0.3 is 6.18 Å². The van der Waals surface area contributed by atoms with Crippen LogP contribution in [0.1, 0.15) is 18.1 Å². The van der Waals surface area contributed by atoms with E-state index >= 15 is 0 Å². The predicted octanol–water partition coefficient (Wildman–Crippen LogP) is 1.34. The fourth-order valence-electron chi connectivity index (χ4n) is 2.54. The first-order chi connectivity index (χ1) is 11.9. The van der Waals surface area contributed by atoms with Crippen molar-refractivity contribution < 1.29 is 22.6 Å². The van der Waals surface area contributed by atoms with Crippen molar-refractivity contribution in [3.05, 3.63) is 18.0 Å². The van der Waals surface area contributed by atoms with Crippen molar-refractivity contribution in [3.63, 3.8) is 0 Å². The normalized spacial score (nSPS) is 19.3. The molecular formula is C15H24F3N5O2. The SMILES string of the molecule is CN=C(NCCCOCC(F)(F)F)N1CCOC(c2cnn(C)c2)C1. The number of rotatable bonds is 6. The van der Waals surface area contributed by atoms with Crippen molar-refractivity contribution in [2.45, 2.75) is 18.7 Å². The minimum atomic E-state index is -4.28. The van der Waals surface area contributed by atoms with Gasteiger partial charge in [-0.2, -0.15) is 18.3 Å². The number of alkyl halides is 3. The number of nitrogens with zero attached hydrogens (tertiary/aromatic N) is 4. The Hall–Kier alpha value is -1.81. The maximum absolute atomic E-state index is 12.0. The van der Waals surface area contributed by atoms with Gasteiger partial charge < -0.3 is 19.7 Å². The van der Waals surface area contributed by atoms with Crippen molar-refractivity contribution in [1.82, 2.24) is 20.0 Å². The molecule has 1 aromatic rings. The lowest BCUT2D eigenvalue weighted by Crippen LogP contribution is -2.48. The minimum Gasteiger partial charge on any atom is -0.372 e. The Bertz CT molecular complexity index is 562. The summed E-state index contributed by atoms with van der Waals surface area (Å²) in [4.78, 5) is 6.30. The molecule has 0 radical (unpaired) electrons. The largest absolute Gasteiger partial charge is 0.411 e. The molecule has 1 saturated heterocycles. The van der Waals surface area contributed by atoms with E-state index in [9.17, 15) is 13.2 Å². The van der Waals surface area contributed by atoms with E-state index in [1.807, 2.05) is 13.2 Å². The van der Waals surface area contributed by atoms with Crippen molar-refractivity contribution in [1.29, 1.82) is 0 Å². The summed E-state index contributed by atoms with van der Waals surface area (Å²) in [7, 11) is 3.53. The van der Waals surface area contributed by atoms with Gasteiger partial charge in [0.1, 0.15) is 12.7 Å². The fourth-order valence-corrected chi connectivity index (χ4v) is 2.54. The van der Waals surface area contributed by atoms with Gasteiger partial charge in [-0.15, -0.1) is 0 Å². The van der Waals surface area contributed by atoms with Crippen LogP contribution in [0.5, 0.6) is 0 Å². The number of aliphatic imine (C=N–C) groups is 1. The van der Waals surface area contributed by atoms with Crippen LogP contribution in [0.25, 0.3) is 0 Å². The van der Waals surface area contributed by atoms with Crippen LogP contribution in [0.3, 0.4) is 0 Å². The zero-order valence-corrected chi connectivity index (χ0v) is 14.4. The summed E-state index contributed by atoms with van der Waals surface area (Å²) in [6.45, 7) is 1.22. The van der Waals surface area contributed by atoms with Crippen LogP contribution in [0.2, 0.25) is 0 Å². The van der Waals surface area contributed by atoms with E-state index in [-0.39, 0.29) is 12.7 Å². The molecule has 0 saturated carbocycles. The van der Waals surface area contributed by atoms with Gasteiger partial charge in [-0.05, 0) is 6.42 Å². The molecule has 0 spiro atoms. The highest BCUT2D eigenvalue weighted by molar-refractivity contribution is 5.80. The molecule has 0 aromatic carbocycles. The summed E-state index contributed by atoms with van der Waals surface area (Å²) in [5.74, 6) is 0.702. The van der Waals surface area contributed by atoms with Crippen molar-refractivity contribution >= 4 is 5.96 Å². The molecule has 142 valence electrons. The summed E-state index contributed by atoms with van der Waals surface area (Å²) >= 11 is 0. The van der Waals surface area contributed by atoms with Crippen LogP contribution in [-0.4, -0.2) is 73.3 Å².